The highest BCUT2D eigenvalue weighted by atomic mass is 16.5. The minimum absolute atomic E-state index is 0.00814. The first-order valence-corrected chi connectivity index (χ1v) is 9.52. The fourth-order valence-electron chi connectivity index (χ4n) is 2.41. The number of phenolic OH excluding ortho intramolecular Hbond substituents is 1. The molecule has 0 aliphatic rings. The zero-order valence-electron chi connectivity index (χ0n) is 17.5. The molecule has 2 rings (SSSR count). The molecule has 2 aromatic rings. The van der Waals surface area contributed by atoms with Crippen molar-refractivity contribution >= 4 is 11.8 Å². The van der Waals surface area contributed by atoms with Crippen molar-refractivity contribution in [2.24, 2.45) is 10.2 Å². The summed E-state index contributed by atoms with van der Waals surface area (Å²) in [6.45, 7) is 7.23. The van der Waals surface area contributed by atoms with Gasteiger partial charge in [0.1, 0.15) is 11.5 Å². The topological polar surface area (TPSA) is 112 Å². The van der Waals surface area contributed by atoms with E-state index in [0.29, 0.717) is 5.56 Å². The summed E-state index contributed by atoms with van der Waals surface area (Å²) in [6, 6.07) is 14.4. The van der Waals surface area contributed by atoms with E-state index in [4.69, 9.17) is 4.74 Å². The van der Waals surface area contributed by atoms with Gasteiger partial charge in [0.2, 0.25) is 0 Å². The lowest BCUT2D eigenvalue weighted by Gasteiger charge is -2.17. The summed E-state index contributed by atoms with van der Waals surface area (Å²) in [6.07, 6.45) is 0.164. The van der Waals surface area contributed by atoms with Crippen molar-refractivity contribution in [3.63, 3.8) is 0 Å². The SMILES string of the molecule is CC(C)(C)/N=N/C(C)(C#N)CCC(=O)Oc1ccc(C(=O)c2ccccc2O)cc1. The van der Waals surface area contributed by atoms with Crippen LogP contribution in [0.5, 0.6) is 11.5 Å². The number of ether oxygens (including phenoxy) is 1. The number of ketones is 1. The minimum Gasteiger partial charge on any atom is -0.507 e. The fraction of sp³-hybridized carbons (Fsp3) is 0.348. The van der Waals surface area contributed by atoms with Crippen LogP contribution >= 0.6 is 0 Å². The van der Waals surface area contributed by atoms with E-state index in [-0.39, 0.29) is 35.7 Å². The summed E-state index contributed by atoms with van der Waals surface area (Å²) in [5, 5.41) is 27.4. The van der Waals surface area contributed by atoms with Gasteiger partial charge in [-0.2, -0.15) is 15.5 Å². The van der Waals surface area contributed by atoms with E-state index in [0.717, 1.165) is 0 Å². The Kier molecular flexibility index (Phi) is 7.06. The van der Waals surface area contributed by atoms with Gasteiger partial charge >= 0.3 is 5.97 Å². The quantitative estimate of drug-likeness (QED) is 0.305. The Morgan fingerprint density at radius 1 is 1.03 bits per heavy atom. The summed E-state index contributed by atoms with van der Waals surface area (Å²) < 4.78 is 5.28. The molecule has 1 atom stereocenters. The number of hydrogen-bond donors (Lipinski definition) is 1. The second-order valence-corrected chi connectivity index (χ2v) is 8.10. The maximum atomic E-state index is 12.5. The van der Waals surface area contributed by atoms with Crippen molar-refractivity contribution in [1.29, 1.82) is 5.26 Å². The Morgan fingerprint density at radius 3 is 2.23 bits per heavy atom. The molecular formula is C23H25N3O4. The van der Waals surface area contributed by atoms with Crippen molar-refractivity contribution < 1.29 is 19.4 Å². The molecule has 0 bridgehead atoms. The predicted molar refractivity (Wildman–Crippen MR) is 111 cm³/mol. The van der Waals surface area contributed by atoms with Crippen molar-refractivity contribution in [2.45, 2.75) is 51.6 Å². The first-order valence-electron chi connectivity index (χ1n) is 9.52. The summed E-state index contributed by atoms with van der Waals surface area (Å²) in [4.78, 5) is 24.6. The predicted octanol–water partition coefficient (Wildman–Crippen LogP) is 4.84. The van der Waals surface area contributed by atoms with Crippen molar-refractivity contribution in [3.8, 4) is 17.6 Å². The number of carbonyl (C=O) groups is 2. The number of para-hydroxylation sites is 1. The number of esters is 1. The monoisotopic (exact) mass is 407 g/mol. The number of benzene rings is 2. The number of rotatable bonds is 7. The second-order valence-electron chi connectivity index (χ2n) is 8.10. The third-order valence-corrected chi connectivity index (χ3v) is 4.12. The maximum Gasteiger partial charge on any atom is 0.311 e. The molecule has 2 aromatic carbocycles. The van der Waals surface area contributed by atoms with Crippen LogP contribution in [0.3, 0.4) is 0 Å². The Hall–Kier alpha value is -3.53. The molecule has 0 radical (unpaired) electrons. The zero-order valence-corrected chi connectivity index (χ0v) is 17.5. The van der Waals surface area contributed by atoms with Crippen LogP contribution in [0.2, 0.25) is 0 Å². The van der Waals surface area contributed by atoms with Gasteiger partial charge in [0.05, 0.1) is 17.2 Å². The van der Waals surface area contributed by atoms with E-state index in [2.05, 4.69) is 16.3 Å². The number of aromatic hydroxyl groups is 1. The number of hydrogen-bond acceptors (Lipinski definition) is 7. The molecule has 1 unspecified atom stereocenters. The van der Waals surface area contributed by atoms with Gasteiger partial charge in [-0.1, -0.05) is 12.1 Å². The lowest BCUT2D eigenvalue weighted by Crippen LogP contribution is -2.23. The van der Waals surface area contributed by atoms with E-state index in [1.807, 2.05) is 20.8 Å². The normalized spacial score (nSPS) is 13.4. The lowest BCUT2D eigenvalue weighted by atomic mass is 9.99. The van der Waals surface area contributed by atoms with E-state index in [1.54, 1.807) is 19.1 Å². The largest absolute Gasteiger partial charge is 0.507 e. The van der Waals surface area contributed by atoms with E-state index < -0.39 is 17.0 Å². The average molecular weight is 407 g/mol. The average Bonchev–Trinajstić information content (AvgIpc) is 2.71. The molecule has 30 heavy (non-hydrogen) atoms. The number of nitrogens with zero attached hydrogens (tertiary/aromatic N) is 3. The second kappa shape index (κ2) is 9.31. The maximum absolute atomic E-state index is 12.5. The van der Waals surface area contributed by atoms with Crippen molar-refractivity contribution in [2.75, 3.05) is 0 Å². The summed E-state index contributed by atoms with van der Waals surface area (Å²) in [7, 11) is 0. The molecule has 156 valence electrons. The first kappa shape index (κ1) is 22.8. The van der Waals surface area contributed by atoms with E-state index in [9.17, 15) is 20.0 Å². The van der Waals surface area contributed by atoms with Gasteiger partial charge < -0.3 is 9.84 Å². The van der Waals surface area contributed by atoms with Crippen LogP contribution in [0.4, 0.5) is 0 Å². The number of azo groups is 1. The van der Waals surface area contributed by atoms with Gasteiger partial charge in [0, 0.05) is 12.0 Å². The third-order valence-electron chi connectivity index (χ3n) is 4.12. The standard InChI is InChI=1S/C23H25N3O4/c1-22(2,3)25-26-23(4,15-24)14-13-20(28)30-17-11-9-16(10-12-17)21(29)18-7-5-6-8-19(18)27/h5-12,27H,13-14H2,1-4H3/b26-25+. The molecule has 0 aliphatic carbocycles. The van der Waals surface area contributed by atoms with E-state index in [1.165, 1.54) is 36.4 Å². The Morgan fingerprint density at radius 2 is 1.67 bits per heavy atom. The van der Waals surface area contributed by atoms with Crippen LogP contribution in [-0.4, -0.2) is 27.9 Å². The highest BCUT2D eigenvalue weighted by molar-refractivity contribution is 6.10. The van der Waals surface area contributed by atoms with Crippen LogP contribution < -0.4 is 4.74 Å². The molecule has 0 heterocycles. The Bertz CT molecular complexity index is 985. The van der Waals surface area contributed by atoms with Gasteiger partial charge in [-0.05, 0) is 70.5 Å². The molecule has 0 spiro atoms. The number of nitriles is 1. The summed E-state index contributed by atoms with van der Waals surface area (Å²) in [5.41, 5.74) is -0.965. The Labute approximate surface area is 176 Å². The minimum atomic E-state index is -1.11. The van der Waals surface area contributed by atoms with E-state index >= 15 is 0 Å². The van der Waals surface area contributed by atoms with Gasteiger partial charge in [0.15, 0.2) is 11.3 Å². The molecule has 0 fully saturated rings. The molecule has 0 saturated carbocycles. The van der Waals surface area contributed by atoms with Crippen molar-refractivity contribution in [1.82, 2.24) is 0 Å². The zero-order chi connectivity index (χ0) is 22.4. The van der Waals surface area contributed by atoms with Gasteiger partial charge in [-0.25, -0.2) is 0 Å². The van der Waals surface area contributed by atoms with Crippen molar-refractivity contribution in [3.05, 3.63) is 59.7 Å². The lowest BCUT2D eigenvalue weighted by molar-refractivity contribution is -0.134. The number of carbonyl (C=O) groups excluding carboxylic acids is 2. The molecule has 0 saturated heterocycles. The summed E-state index contributed by atoms with van der Waals surface area (Å²) >= 11 is 0. The molecule has 0 amide bonds. The molecule has 0 aromatic heterocycles. The molecular weight excluding hydrogens is 382 g/mol. The molecule has 7 nitrogen and oxygen atoms in total. The Balaban J connectivity index is 1.98. The number of phenols is 1. The summed E-state index contributed by atoms with van der Waals surface area (Å²) in [5.74, 6) is -0.659. The first-order chi connectivity index (χ1) is 14.0. The van der Waals surface area contributed by atoms with Crippen LogP contribution in [0.1, 0.15) is 56.5 Å². The van der Waals surface area contributed by atoms with Crippen LogP contribution in [0.15, 0.2) is 58.8 Å². The van der Waals surface area contributed by atoms with Crippen LogP contribution in [0.25, 0.3) is 0 Å². The van der Waals surface area contributed by atoms with Crippen LogP contribution in [0, 0.1) is 11.3 Å². The van der Waals surface area contributed by atoms with Gasteiger partial charge in [-0.3, -0.25) is 9.59 Å². The molecule has 7 heteroatoms. The molecule has 1 N–H and O–H groups in total. The third kappa shape index (κ3) is 6.52. The van der Waals surface area contributed by atoms with Crippen LogP contribution in [-0.2, 0) is 4.79 Å². The van der Waals surface area contributed by atoms with Gasteiger partial charge in [-0.15, -0.1) is 0 Å². The molecule has 0 aliphatic heterocycles. The van der Waals surface area contributed by atoms with Gasteiger partial charge in [0.25, 0.3) is 0 Å². The fourth-order valence-corrected chi connectivity index (χ4v) is 2.41. The highest BCUT2D eigenvalue weighted by Crippen LogP contribution is 2.23. The smallest absolute Gasteiger partial charge is 0.311 e. The highest BCUT2D eigenvalue weighted by Gasteiger charge is 2.26.